The highest BCUT2D eigenvalue weighted by Gasteiger charge is 2.24. The lowest BCUT2D eigenvalue weighted by atomic mass is 10.1. The van der Waals surface area contributed by atoms with E-state index < -0.39 is 10.0 Å². The second-order valence-corrected chi connectivity index (χ2v) is 8.29. The molecule has 0 amide bonds. The molecule has 26 heavy (non-hydrogen) atoms. The van der Waals surface area contributed by atoms with Gasteiger partial charge in [-0.1, -0.05) is 36.4 Å². The van der Waals surface area contributed by atoms with Gasteiger partial charge in [0, 0.05) is 19.7 Å². The summed E-state index contributed by atoms with van der Waals surface area (Å²) in [4.78, 5) is 0.199. The van der Waals surface area contributed by atoms with Crippen LogP contribution in [-0.4, -0.2) is 33.0 Å². The van der Waals surface area contributed by atoms with Crippen LogP contribution in [-0.2, 0) is 16.6 Å². The Labute approximate surface area is 152 Å². The second-order valence-electron chi connectivity index (χ2n) is 6.25. The molecular weight excluding hydrogens is 350 g/mol. The third-order valence-electron chi connectivity index (χ3n) is 4.44. The second kappa shape index (κ2) is 6.63. The van der Waals surface area contributed by atoms with E-state index in [2.05, 4.69) is 0 Å². The molecule has 0 aliphatic carbocycles. The molecule has 3 aromatic carbocycles. The first-order chi connectivity index (χ1) is 12.5. The van der Waals surface area contributed by atoms with Gasteiger partial charge in [0.25, 0.3) is 0 Å². The normalized spacial score (nSPS) is 13.9. The van der Waals surface area contributed by atoms with Gasteiger partial charge in [0.2, 0.25) is 10.0 Å². The van der Waals surface area contributed by atoms with Crippen LogP contribution < -0.4 is 9.47 Å². The number of nitrogens with zero attached hydrogens (tertiary/aromatic N) is 1. The van der Waals surface area contributed by atoms with Crippen molar-refractivity contribution in [3.63, 3.8) is 0 Å². The Bertz CT molecular complexity index is 1060. The number of ether oxygens (including phenoxy) is 2. The maximum atomic E-state index is 12.9. The van der Waals surface area contributed by atoms with Crippen molar-refractivity contribution in [1.29, 1.82) is 0 Å². The predicted molar refractivity (Wildman–Crippen MR) is 100 cm³/mol. The van der Waals surface area contributed by atoms with Gasteiger partial charge in [0.15, 0.2) is 11.5 Å². The number of sulfonamides is 1. The Morgan fingerprint density at radius 3 is 2.42 bits per heavy atom. The lowest BCUT2D eigenvalue weighted by molar-refractivity contribution is 0.171. The quantitative estimate of drug-likeness (QED) is 0.707. The number of rotatable bonds is 4. The molecule has 1 aliphatic heterocycles. The minimum atomic E-state index is -3.63. The molecule has 1 aliphatic rings. The van der Waals surface area contributed by atoms with E-state index in [1.165, 1.54) is 10.4 Å². The average Bonchev–Trinajstić information content (AvgIpc) is 2.67. The highest BCUT2D eigenvalue weighted by Crippen LogP contribution is 2.33. The van der Waals surface area contributed by atoms with E-state index in [4.69, 9.17) is 9.47 Å². The zero-order valence-electron chi connectivity index (χ0n) is 14.4. The van der Waals surface area contributed by atoms with Gasteiger partial charge < -0.3 is 9.47 Å². The van der Waals surface area contributed by atoms with Crippen LogP contribution in [0.1, 0.15) is 5.56 Å². The molecule has 0 saturated carbocycles. The smallest absolute Gasteiger partial charge is 0.243 e. The van der Waals surface area contributed by atoms with E-state index in [1.54, 1.807) is 19.2 Å². The van der Waals surface area contributed by atoms with E-state index in [0.29, 0.717) is 31.3 Å². The third-order valence-corrected chi connectivity index (χ3v) is 6.24. The Balaban J connectivity index is 1.60. The molecule has 0 radical (unpaired) electrons. The molecule has 0 spiro atoms. The number of fused-ring (bicyclic) bond motifs is 2. The van der Waals surface area contributed by atoms with E-state index in [1.807, 2.05) is 42.5 Å². The van der Waals surface area contributed by atoms with Crippen LogP contribution in [0.4, 0.5) is 0 Å². The van der Waals surface area contributed by atoms with Gasteiger partial charge in [-0.05, 0) is 34.5 Å². The Morgan fingerprint density at radius 1 is 0.885 bits per heavy atom. The van der Waals surface area contributed by atoms with Gasteiger partial charge in [0.05, 0.1) is 4.90 Å². The molecule has 6 heteroatoms. The van der Waals surface area contributed by atoms with E-state index in [0.717, 1.165) is 16.3 Å². The monoisotopic (exact) mass is 369 g/mol. The highest BCUT2D eigenvalue weighted by atomic mass is 32.2. The fraction of sp³-hybridized carbons (Fsp3) is 0.200. The Hall–Kier alpha value is -2.57. The molecule has 0 fully saturated rings. The first kappa shape index (κ1) is 16.9. The molecule has 0 bridgehead atoms. The van der Waals surface area contributed by atoms with Gasteiger partial charge in [-0.2, -0.15) is 4.31 Å². The van der Waals surface area contributed by atoms with Crippen molar-refractivity contribution in [2.24, 2.45) is 0 Å². The minimum absolute atomic E-state index is 0.199. The Morgan fingerprint density at radius 2 is 1.62 bits per heavy atom. The Kier molecular flexibility index (Phi) is 4.30. The summed E-state index contributed by atoms with van der Waals surface area (Å²) in [5, 5.41) is 2.23. The van der Waals surface area contributed by atoms with Crippen molar-refractivity contribution < 1.29 is 17.9 Å². The van der Waals surface area contributed by atoms with Crippen LogP contribution in [0, 0.1) is 0 Å². The maximum Gasteiger partial charge on any atom is 0.243 e. The minimum Gasteiger partial charge on any atom is -0.486 e. The number of hydrogen-bond donors (Lipinski definition) is 0. The summed E-state index contributed by atoms with van der Waals surface area (Å²) in [5.74, 6) is 1.05. The van der Waals surface area contributed by atoms with Gasteiger partial charge in [-0.3, -0.25) is 0 Å². The molecular formula is C20H19NO4S. The first-order valence-corrected chi connectivity index (χ1v) is 9.82. The summed E-state index contributed by atoms with van der Waals surface area (Å²) < 4.78 is 38.1. The van der Waals surface area contributed by atoms with Crippen LogP contribution in [0.5, 0.6) is 11.5 Å². The summed E-state index contributed by atoms with van der Waals surface area (Å²) in [5.41, 5.74) is 0.937. The SMILES string of the molecule is CN(Cc1ccc2ccccc2c1)S(=O)(=O)c1ccc2c(c1)OCCO2. The van der Waals surface area contributed by atoms with Crippen LogP contribution in [0.25, 0.3) is 10.8 Å². The van der Waals surface area contributed by atoms with Gasteiger partial charge in [-0.25, -0.2) is 8.42 Å². The molecule has 0 unspecified atom stereocenters. The standard InChI is InChI=1S/C20H19NO4S/c1-21(14-15-6-7-16-4-2-3-5-17(16)12-15)26(22,23)18-8-9-19-20(13-18)25-11-10-24-19/h2-9,12-13H,10-11,14H2,1H3. The van der Waals surface area contributed by atoms with Crippen LogP contribution in [0.3, 0.4) is 0 Å². The zero-order valence-corrected chi connectivity index (χ0v) is 15.2. The highest BCUT2D eigenvalue weighted by molar-refractivity contribution is 7.89. The fourth-order valence-corrected chi connectivity index (χ4v) is 4.22. The molecule has 0 N–H and O–H groups in total. The van der Waals surface area contributed by atoms with Crippen molar-refractivity contribution in [2.75, 3.05) is 20.3 Å². The predicted octanol–water partition coefficient (Wildman–Crippen LogP) is 3.43. The van der Waals surface area contributed by atoms with Gasteiger partial charge in [-0.15, -0.1) is 0 Å². The molecule has 4 rings (SSSR count). The van der Waals surface area contributed by atoms with Crippen LogP contribution >= 0.6 is 0 Å². The van der Waals surface area contributed by atoms with Crippen molar-refractivity contribution in [2.45, 2.75) is 11.4 Å². The summed E-state index contributed by atoms with van der Waals surface area (Å²) >= 11 is 0. The van der Waals surface area contributed by atoms with Crippen LogP contribution in [0.15, 0.2) is 65.6 Å². The van der Waals surface area contributed by atoms with Crippen molar-refractivity contribution in [3.05, 3.63) is 66.2 Å². The molecule has 0 aromatic heterocycles. The summed E-state index contributed by atoms with van der Waals surface area (Å²) in [7, 11) is -2.04. The maximum absolute atomic E-state index is 12.9. The summed E-state index contributed by atoms with van der Waals surface area (Å²) in [6.07, 6.45) is 0. The largest absolute Gasteiger partial charge is 0.486 e. The molecule has 3 aromatic rings. The number of benzene rings is 3. The first-order valence-electron chi connectivity index (χ1n) is 8.38. The molecule has 1 heterocycles. The van der Waals surface area contributed by atoms with E-state index in [9.17, 15) is 8.42 Å². The topological polar surface area (TPSA) is 55.8 Å². The molecule has 134 valence electrons. The van der Waals surface area contributed by atoms with Crippen molar-refractivity contribution in [1.82, 2.24) is 4.31 Å². The van der Waals surface area contributed by atoms with Gasteiger partial charge >= 0.3 is 0 Å². The molecule has 5 nitrogen and oxygen atoms in total. The average molecular weight is 369 g/mol. The lowest BCUT2D eigenvalue weighted by Crippen LogP contribution is -2.26. The van der Waals surface area contributed by atoms with E-state index >= 15 is 0 Å². The zero-order chi connectivity index (χ0) is 18.1. The lowest BCUT2D eigenvalue weighted by Gasteiger charge is -2.21. The van der Waals surface area contributed by atoms with Crippen LogP contribution in [0.2, 0.25) is 0 Å². The van der Waals surface area contributed by atoms with Gasteiger partial charge in [0.1, 0.15) is 13.2 Å². The van der Waals surface area contributed by atoms with Crippen molar-refractivity contribution in [3.8, 4) is 11.5 Å². The van der Waals surface area contributed by atoms with E-state index in [-0.39, 0.29) is 4.90 Å². The summed E-state index contributed by atoms with van der Waals surface area (Å²) in [6.45, 7) is 1.19. The fourth-order valence-electron chi connectivity index (χ4n) is 3.04. The molecule has 0 saturated heterocycles. The summed E-state index contributed by atoms with van der Waals surface area (Å²) in [6, 6.07) is 18.7. The third kappa shape index (κ3) is 3.13. The molecule has 0 atom stereocenters. The number of hydrogen-bond acceptors (Lipinski definition) is 4. The van der Waals surface area contributed by atoms with Crippen molar-refractivity contribution >= 4 is 20.8 Å².